The van der Waals surface area contributed by atoms with Gasteiger partial charge in [0, 0.05) is 48.3 Å². The highest BCUT2D eigenvalue weighted by atomic mass is 16.6. The molecule has 0 aliphatic heterocycles. The molecule has 0 saturated heterocycles. The molecule has 0 aromatic rings. The Balaban J connectivity index is 1.93. The van der Waals surface area contributed by atoms with E-state index in [-0.39, 0.29) is 12.3 Å². The number of aliphatic hydroxyl groups is 4. The van der Waals surface area contributed by atoms with Gasteiger partial charge < -0.3 is 29.9 Å². The van der Waals surface area contributed by atoms with Crippen molar-refractivity contribution in [1.82, 2.24) is 0 Å². The quantitative estimate of drug-likeness (QED) is 0.359. The Morgan fingerprint density at radius 3 is 2.12 bits per heavy atom. The van der Waals surface area contributed by atoms with E-state index in [9.17, 15) is 30.0 Å². The standard InChI is InChI=1S/C24H36O8/c1-10-13-7-14(27)18-23(6)15(28)8-16(31-11(2)25)22(4,5)19(23)17(29)21(32-12(3)26)24(18,9-13)20(10)30/h13-21,27-30H,1,7-9H2,2-6H3/t13-,14+,15+,16+,17-,18+,19-,20-,21+,23+,24+/m1/s1. The molecule has 180 valence electrons. The molecule has 0 amide bonds. The highest BCUT2D eigenvalue weighted by Crippen LogP contribution is 2.72. The summed E-state index contributed by atoms with van der Waals surface area (Å²) < 4.78 is 11.3. The van der Waals surface area contributed by atoms with Crippen molar-refractivity contribution in [1.29, 1.82) is 0 Å². The number of hydrogen-bond donors (Lipinski definition) is 4. The monoisotopic (exact) mass is 452 g/mol. The SMILES string of the molecule is C=C1[C@@H]2C[C@H](O)[C@H]3[C@@]4(C)[C@H]([C@@H](O)[C@H](OC(C)=O)[C@]3(C2)[C@@H]1O)C(C)(C)[C@@H](OC(C)=O)C[C@@H]4O. The average molecular weight is 453 g/mol. The van der Waals surface area contributed by atoms with E-state index in [2.05, 4.69) is 6.58 Å². The van der Waals surface area contributed by atoms with E-state index in [1.54, 1.807) is 0 Å². The van der Waals surface area contributed by atoms with Gasteiger partial charge in [-0.25, -0.2) is 0 Å². The fourth-order valence-corrected chi connectivity index (χ4v) is 8.43. The minimum absolute atomic E-state index is 0.143. The van der Waals surface area contributed by atoms with Crippen LogP contribution in [0.25, 0.3) is 0 Å². The smallest absolute Gasteiger partial charge is 0.303 e. The van der Waals surface area contributed by atoms with Gasteiger partial charge in [-0.1, -0.05) is 27.4 Å². The molecule has 4 aliphatic rings. The Hall–Kier alpha value is -1.48. The third-order valence-electron chi connectivity index (χ3n) is 9.38. The lowest BCUT2D eigenvalue weighted by Gasteiger charge is -2.69. The molecule has 4 aliphatic carbocycles. The van der Waals surface area contributed by atoms with Gasteiger partial charge in [-0.2, -0.15) is 0 Å². The minimum Gasteiger partial charge on any atom is -0.462 e. The van der Waals surface area contributed by atoms with E-state index >= 15 is 0 Å². The van der Waals surface area contributed by atoms with Crippen LogP contribution in [0.3, 0.4) is 0 Å². The van der Waals surface area contributed by atoms with Crippen LogP contribution < -0.4 is 0 Å². The van der Waals surface area contributed by atoms with E-state index in [1.165, 1.54) is 13.8 Å². The normalized spacial score (nSPS) is 51.4. The number of carbonyl (C=O) groups excluding carboxylic acids is 2. The summed E-state index contributed by atoms with van der Waals surface area (Å²) in [6, 6.07) is 0. The maximum absolute atomic E-state index is 12.1. The Morgan fingerprint density at radius 2 is 1.56 bits per heavy atom. The van der Waals surface area contributed by atoms with Gasteiger partial charge in [0.1, 0.15) is 12.2 Å². The Kier molecular flexibility index (Phi) is 5.37. The first-order valence-electron chi connectivity index (χ1n) is 11.5. The lowest BCUT2D eigenvalue weighted by Crippen LogP contribution is -2.76. The first kappa shape index (κ1) is 23.7. The molecule has 0 aromatic heterocycles. The summed E-state index contributed by atoms with van der Waals surface area (Å²) in [6.45, 7) is 12.2. The van der Waals surface area contributed by atoms with Crippen LogP contribution in [0.2, 0.25) is 0 Å². The van der Waals surface area contributed by atoms with E-state index in [1.807, 2.05) is 20.8 Å². The second-order valence-corrected chi connectivity index (χ2v) is 11.3. The second-order valence-electron chi connectivity index (χ2n) is 11.3. The maximum atomic E-state index is 12.1. The number of rotatable bonds is 2. The molecule has 4 rings (SSSR count). The third kappa shape index (κ3) is 2.82. The van der Waals surface area contributed by atoms with Crippen molar-refractivity contribution in [3.63, 3.8) is 0 Å². The molecule has 0 aromatic carbocycles. The lowest BCUT2D eigenvalue weighted by molar-refractivity contribution is -0.322. The first-order valence-corrected chi connectivity index (χ1v) is 11.5. The number of esters is 2. The molecule has 0 radical (unpaired) electrons. The largest absolute Gasteiger partial charge is 0.462 e. The number of aliphatic hydroxyl groups excluding tert-OH is 4. The van der Waals surface area contributed by atoms with Crippen LogP contribution in [0.5, 0.6) is 0 Å². The third-order valence-corrected chi connectivity index (χ3v) is 9.38. The molecule has 8 nitrogen and oxygen atoms in total. The van der Waals surface area contributed by atoms with Gasteiger partial charge in [0.25, 0.3) is 0 Å². The summed E-state index contributed by atoms with van der Waals surface area (Å²) in [4.78, 5) is 23.9. The van der Waals surface area contributed by atoms with Gasteiger partial charge in [0.05, 0.1) is 24.4 Å². The number of fused-ring (bicyclic) bond motifs is 3. The van der Waals surface area contributed by atoms with Gasteiger partial charge in [-0.05, 0) is 24.3 Å². The molecule has 1 spiro atoms. The van der Waals surface area contributed by atoms with Gasteiger partial charge in [-0.3, -0.25) is 9.59 Å². The molecule has 2 bridgehead atoms. The lowest BCUT2D eigenvalue weighted by atomic mass is 9.37. The van der Waals surface area contributed by atoms with Crippen molar-refractivity contribution in [3.8, 4) is 0 Å². The Bertz CT molecular complexity index is 838. The molecular formula is C24H36O8. The summed E-state index contributed by atoms with van der Waals surface area (Å²) in [5.74, 6) is -2.59. The summed E-state index contributed by atoms with van der Waals surface area (Å²) in [6.07, 6.45) is -5.10. The van der Waals surface area contributed by atoms with Crippen LogP contribution >= 0.6 is 0 Å². The fourth-order valence-electron chi connectivity index (χ4n) is 8.43. The molecule has 4 saturated carbocycles. The molecule has 8 heteroatoms. The van der Waals surface area contributed by atoms with Gasteiger partial charge >= 0.3 is 11.9 Å². The Labute approximate surface area is 188 Å². The zero-order valence-corrected chi connectivity index (χ0v) is 19.4. The fraction of sp³-hybridized carbons (Fsp3) is 0.833. The summed E-state index contributed by atoms with van der Waals surface area (Å²) in [7, 11) is 0. The minimum atomic E-state index is -1.25. The molecule has 0 heterocycles. The van der Waals surface area contributed by atoms with Crippen LogP contribution in [0.4, 0.5) is 0 Å². The van der Waals surface area contributed by atoms with Crippen molar-refractivity contribution in [2.75, 3.05) is 0 Å². The zero-order chi connectivity index (χ0) is 24.0. The van der Waals surface area contributed by atoms with E-state index in [0.29, 0.717) is 18.4 Å². The molecular weight excluding hydrogens is 416 g/mol. The number of hydrogen-bond acceptors (Lipinski definition) is 8. The predicted molar refractivity (Wildman–Crippen MR) is 113 cm³/mol. The van der Waals surface area contributed by atoms with Crippen LogP contribution in [-0.4, -0.2) is 69.0 Å². The highest BCUT2D eigenvalue weighted by molar-refractivity contribution is 5.67. The number of carbonyl (C=O) groups is 2. The summed E-state index contributed by atoms with van der Waals surface area (Å²) in [5, 5.41) is 46.0. The van der Waals surface area contributed by atoms with Crippen LogP contribution in [0.15, 0.2) is 12.2 Å². The molecule has 4 fully saturated rings. The summed E-state index contributed by atoms with van der Waals surface area (Å²) >= 11 is 0. The average Bonchev–Trinajstić information content (AvgIpc) is 2.84. The predicted octanol–water partition coefficient (Wildman–Crippen LogP) is 0.942. The molecule has 11 atom stereocenters. The van der Waals surface area contributed by atoms with Crippen LogP contribution in [0.1, 0.15) is 53.9 Å². The van der Waals surface area contributed by atoms with Crippen LogP contribution in [0, 0.1) is 34.0 Å². The Morgan fingerprint density at radius 1 is 0.969 bits per heavy atom. The highest BCUT2D eigenvalue weighted by Gasteiger charge is 2.78. The maximum Gasteiger partial charge on any atom is 0.303 e. The topological polar surface area (TPSA) is 134 Å². The van der Waals surface area contributed by atoms with Gasteiger partial charge in [-0.15, -0.1) is 0 Å². The van der Waals surface area contributed by atoms with Crippen molar-refractivity contribution in [3.05, 3.63) is 12.2 Å². The second kappa shape index (κ2) is 7.26. The van der Waals surface area contributed by atoms with Gasteiger partial charge in [0.2, 0.25) is 0 Å². The van der Waals surface area contributed by atoms with E-state index in [4.69, 9.17) is 9.47 Å². The zero-order valence-electron chi connectivity index (χ0n) is 19.4. The molecule has 4 N–H and O–H groups in total. The van der Waals surface area contributed by atoms with E-state index in [0.717, 1.165) is 0 Å². The summed E-state index contributed by atoms with van der Waals surface area (Å²) in [5.41, 5.74) is -2.44. The van der Waals surface area contributed by atoms with E-state index < -0.39 is 76.6 Å². The van der Waals surface area contributed by atoms with Crippen molar-refractivity contribution >= 4 is 11.9 Å². The first-order chi connectivity index (χ1) is 14.7. The van der Waals surface area contributed by atoms with Gasteiger partial charge in [0.15, 0.2) is 0 Å². The van der Waals surface area contributed by atoms with Crippen LogP contribution in [-0.2, 0) is 19.1 Å². The molecule has 32 heavy (non-hydrogen) atoms. The van der Waals surface area contributed by atoms with Crippen molar-refractivity contribution < 1.29 is 39.5 Å². The number of ether oxygens (including phenoxy) is 2. The van der Waals surface area contributed by atoms with Crippen molar-refractivity contribution in [2.45, 2.75) is 90.5 Å². The molecule has 0 unspecified atom stereocenters. The van der Waals surface area contributed by atoms with Crippen molar-refractivity contribution in [2.24, 2.45) is 34.0 Å².